The molecule has 0 unspecified atom stereocenters. The molecule has 0 saturated carbocycles. The Kier molecular flexibility index (Phi) is 10.8. The molecule has 6 nitrogen and oxygen atoms in total. The highest BCUT2D eigenvalue weighted by atomic mass is 35.5. The monoisotopic (exact) mass is 566 g/mol. The predicted octanol–water partition coefficient (Wildman–Crippen LogP) is 6.03. The number of rotatable bonds is 13. The zero-order chi connectivity index (χ0) is 26.0. The summed E-state index contributed by atoms with van der Waals surface area (Å²) < 4.78 is 33.4. The first-order valence-corrected chi connectivity index (χ1v) is 14.7. The predicted molar refractivity (Wildman–Crippen MR) is 149 cm³/mol. The molecule has 3 rings (SSSR count). The van der Waals surface area contributed by atoms with Gasteiger partial charge in [-0.1, -0.05) is 35.3 Å². The van der Waals surface area contributed by atoms with Crippen molar-refractivity contribution in [2.75, 3.05) is 29.8 Å². The quantitative estimate of drug-likeness (QED) is 0.256. The van der Waals surface area contributed by atoms with Crippen LogP contribution in [0.15, 0.2) is 77.7 Å². The Labute approximate surface area is 227 Å². The molecular formula is C26H28Cl2N2O4S2. The minimum absolute atomic E-state index is 0.0483. The second-order valence-corrected chi connectivity index (χ2v) is 11.6. The number of hydrogen-bond acceptors (Lipinski definition) is 5. The Balaban J connectivity index is 1.60. The van der Waals surface area contributed by atoms with Crippen molar-refractivity contribution in [3.8, 4) is 5.75 Å². The molecular weight excluding hydrogens is 539 g/mol. The molecule has 0 aliphatic heterocycles. The topological polar surface area (TPSA) is 75.7 Å². The van der Waals surface area contributed by atoms with E-state index in [1.165, 1.54) is 29.8 Å². The molecule has 0 aliphatic rings. The van der Waals surface area contributed by atoms with Crippen molar-refractivity contribution in [2.45, 2.75) is 24.0 Å². The van der Waals surface area contributed by atoms with Crippen LogP contribution in [0.2, 0.25) is 10.0 Å². The fourth-order valence-electron chi connectivity index (χ4n) is 3.28. The average molecular weight is 568 g/mol. The lowest BCUT2D eigenvalue weighted by Gasteiger charge is -2.24. The second-order valence-electron chi connectivity index (χ2n) is 7.78. The molecule has 0 heterocycles. The number of amides is 1. The van der Waals surface area contributed by atoms with Crippen LogP contribution in [-0.2, 0) is 20.6 Å². The van der Waals surface area contributed by atoms with Crippen LogP contribution >= 0.6 is 35.0 Å². The maximum atomic E-state index is 13.4. The fourth-order valence-corrected chi connectivity index (χ4v) is 5.88. The molecule has 0 fully saturated rings. The molecule has 0 bridgehead atoms. The number of anilines is 1. The van der Waals surface area contributed by atoms with Crippen molar-refractivity contribution in [3.05, 3.63) is 88.4 Å². The maximum Gasteiger partial charge on any atom is 0.264 e. The van der Waals surface area contributed by atoms with E-state index in [9.17, 15) is 13.2 Å². The highest BCUT2D eigenvalue weighted by Crippen LogP contribution is 2.26. The van der Waals surface area contributed by atoms with Crippen molar-refractivity contribution in [1.29, 1.82) is 0 Å². The molecule has 0 atom stereocenters. The number of nitrogens with zero attached hydrogens (tertiary/aromatic N) is 1. The van der Waals surface area contributed by atoms with Gasteiger partial charge < -0.3 is 10.1 Å². The number of thioether (sulfide) groups is 1. The van der Waals surface area contributed by atoms with E-state index in [1.54, 1.807) is 36.0 Å². The molecule has 192 valence electrons. The molecule has 0 aromatic heterocycles. The summed E-state index contributed by atoms with van der Waals surface area (Å²) >= 11 is 13.6. The van der Waals surface area contributed by atoms with E-state index in [-0.39, 0.29) is 17.3 Å². The van der Waals surface area contributed by atoms with Crippen molar-refractivity contribution in [3.63, 3.8) is 0 Å². The number of hydrogen-bond donors (Lipinski definition) is 1. The lowest BCUT2D eigenvalue weighted by atomic mass is 10.2. The van der Waals surface area contributed by atoms with Crippen molar-refractivity contribution < 1.29 is 17.9 Å². The number of nitrogens with one attached hydrogen (secondary N) is 1. The van der Waals surface area contributed by atoms with Gasteiger partial charge in [-0.25, -0.2) is 8.42 Å². The summed E-state index contributed by atoms with van der Waals surface area (Å²) in [5, 5.41) is 3.97. The highest BCUT2D eigenvalue weighted by Gasteiger charge is 2.27. The van der Waals surface area contributed by atoms with Gasteiger partial charge in [-0.2, -0.15) is 11.8 Å². The Morgan fingerprint density at radius 3 is 2.17 bits per heavy atom. The molecule has 1 amide bonds. The van der Waals surface area contributed by atoms with E-state index < -0.39 is 10.0 Å². The largest absolute Gasteiger partial charge is 0.494 e. The highest BCUT2D eigenvalue weighted by molar-refractivity contribution is 7.98. The molecule has 1 N–H and O–H groups in total. The molecule has 0 aliphatic carbocycles. The minimum Gasteiger partial charge on any atom is -0.494 e. The molecule has 0 saturated heterocycles. The van der Waals surface area contributed by atoms with E-state index in [2.05, 4.69) is 5.32 Å². The second kappa shape index (κ2) is 13.8. The standard InChI is InChI=1S/C26H28Cl2N2O4S2/c1-2-34-24-12-10-23(11-13-24)30(36(32,33)25-14-8-22(28)9-15-25)18-26(31)29-16-3-17-35-19-20-4-6-21(27)7-5-20/h4-15H,2-3,16-19H2,1H3,(H,29,31). The van der Waals surface area contributed by atoms with Gasteiger partial charge >= 0.3 is 0 Å². The third-order valence-corrected chi connectivity index (χ3v) is 8.50. The van der Waals surface area contributed by atoms with Gasteiger partial charge in [-0.3, -0.25) is 9.10 Å². The summed E-state index contributed by atoms with van der Waals surface area (Å²) in [6.45, 7) is 2.46. The molecule has 36 heavy (non-hydrogen) atoms. The summed E-state index contributed by atoms with van der Waals surface area (Å²) in [5.41, 5.74) is 1.55. The van der Waals surface area contributed by atoms with Gasteiger partial charge in [0, 0.05) is 22.3 Å². The van der Waals surface area contributed by atoms with Crippen LogP contribution < -0.4 is 14.4 Å². The van der Waals surface area contributed by atoms with Crippen LogP contribution in [-0.4, -0.2) is 39.8 Å². The lowest BCUT2D eigenvalue weighted by molar-refractivity contribution is -0.119. The van der Waals surface area contributed by atoms with Crippen LogP contribution in [0.3, 0.4) is 0 Å². The Bertz CT molecular complexity index is 1220. The first-order chi connectivity index (χ1) is 17.3. The van der Waals surface area contributed by atoms with Gasteiger partial charge in [-0.15, -0.1) is 0 Å². The molecule has 3 aromatic carbocycles. The van der Waals surface area contributed by atoms with E-state index in [4.69, 9.17) is 27.9 Å². The van der Waals surface area contributed by atoms with Gasteiger partial charge in [-0.05, 0) is 85.3 Å². The van der Waals surface area contributed by atoms with Crippen LogP contribution in [0.1, 0.15) is 18.9 Å². The normalized spacial score (nSPS) is 11.2. The fraction of sp³-hybridized carbons (Fsp3) is 0.269. The van der Waals surface area contributed by atoms with Crippen LogP contribution in [0, 0.1) is 0 Å². The zero-order valence-electron chi connectivity index (χ0n) is 19.8. The smallest absolute Gasteiger partial charge is 0.264 e. The molecule has 0 spiro atoms. The Morgan fingerprint density at radius 1 is 0.944 bits per heavy atom. The Morgan fingerprint density at radius 2 is 1.56 bits per heavy atom. The van der Waals surface area contributed by atoms with Gasteiger partial charge in [0.2, 0.25) is 5.91 Å². The van der Waals surface area contributed by atoms with Gasteiger partial charge in [0.1, 0.15) is 12.3 Å². The summed E-state index contributed by atoms with van der Waals surface area (Å²) in [5.74, 6) is 1.94. The number of halogens is 2. The van der Waals surface area contributed by atoms with Crippen LogP contribution in [0.5, 0.6) is 5.75 Å². The van der Waals surface area contributed by atoms with E-state index in [0.29, 0.717) is 34.6 Å². The van der Waals surface area contributed by atoms with E-state index >= 15 is 0 Å². The number of benzene rings is 3. The lowest BCUT2D eigenvalue weighted by Crippen LogP contribution is -2.41. The van der Waals surface area contributed by atoms with E-state index in [0.717, 1.165) is 22.2 Å². The van der Waals surface area contributed by atoms with Crippen LogP contribution in [0.25, 0.3) is 0 Å². The van der Waals surface area contributed by atoms with Crippen LogP contribution in [0.4, 0.5) is 5.69 Å². The summed E-state index contributed by atoms with van der Waals surface area (Å²) in [4.78, 5) is 12.8. The summed E-state index contributed by atoms with van der Waals surface area (Å²) in [6.07, 6.45) is 0.761. The molecule has 10 heteroatoms. The third kappa shape index (κ3) is 8.34. The first kappa shape index (κ1) is 28.2. The van der Waals surface area contributed by atoms with Gasteiger partial charge in [0.15, 0.2) is 0 Å². The third-order valence-electron chi connectivity index (χ3n) is 5.09. The Hall–Kier alpha value is -2.39. The minimum atomic E-state index is -4.00. The van der Waals surface area contributed by atoms with E-state index in [1.807, 2.05) is 31.2 Å². The number of carbonyl (C=O) groups is 1. The number of carbonyl (C=O) groups excluding carboxylic acids is 1. The number of ether oxygens (including phenoxy) is 1. The summed E-state index contributed by atoms with van der Waals surface area (Å²) in [7, 11) is -4.00. The van der Waals surface area contributed by atoms with Gasteiger partial charge in [0.05, 0.1) is 17.2 Å². The van der Waals surface area contributed by atoms with Crippen molar-refractivity contribution in [2.24, 2.45) is 0 Å². The van der Waals surface area contributed by atoms with Crippen molar-refractivity contribution >= 4 is 56.6 Å². The first-order valence-electron chi connectivity index (χ1n) is 11.4. The zero-order valence-corrected chi connectivity index (χ0v) is 23.0. The maximum absolute atomic E-state index is 13.4. The van der Waals surface area contributed by atoms with Crippen molar-refractivity contribution in [1.82, 2.24) is 5.32 Å². The molecule has 3 aromatic rings. The van der Waals surface area contributed by atoms with Gasteiger partial charge in [0.25, 0.3) is 10.0 Å². The molecule has 0 radical (unpaired) electrons. The summed E-state index contributed by atoms with van der Waals surface area (Å²) in [6, 6.07) is 20.2. The number of sulfonamides is 1. The average Bonchev–Trinajstić information content (AvgIpc) is 2.87. The SMILES string of the molecule is CCOc1ccc(N(CC(=O)NCCCSCc2ccc(Cl)cc2)S(=O)(=O)c2ccc(Cl)cc2)cc1.